The van der Waals surface area contributed by atoms with Crippen molar-refractivity contribution in [3.05, 3.63) is 29.3 Å². The molecular weight excluding hydrogens is 348 g/mol. The molecule has 1 aromatic rings. The molecule has 5 heteroatoms. The Morgan fingerprint density at radius 2 is 1.94 bits per heavy atom. The Balaban J connectivity index is 0.000000873. The molecule has 0 atom stereocenters. The van der Waals surface area contributed by atoms with Gasteiger partial charge in [0.1, 0.15) is 5.75 Å². The zero-order chi connectivity index (χ0) is 14.2. The maximum atomic E-state index is 10.1. The molecule has 0 aliphatic carbocycles. The first-order chi connectivity index (χ1) is 8.44. The van der Waals surface area contributed by atoms with Gasteiger partial charge in [-0.2, -0.15) is 0 Å². The zero-order valence-electron chi connectivity index (χ0n) is 11.2. The van der Waals surface area contributed by atoms with E-state index in [-0.39, 0.29) is 5.41 Å². The molecule has 0 radical (unpaired) electrons. The van der Waals surface area contributed by atoms with E-state index in [9.17, 15) is 5.11 Å². The molecule has 0 saturated heterocycles. The van der Waals surface area contributed by atoms with E-state index in [2.05, 4.69) is 25.8 Å². The summed E-state index contributed by atoms with van der Waals surface area (Å²) in [6, 6.07) is 5.81. The van der Waals surface area contributed by atoms with Crippen LogP contribution >= 0.6 is 17.0 Å². The molecule has 1 aromatic carbocycles. The number of phenols is 1. The summed E-state index contributed by atoms with van der Waals surface area (Å²) in [5.41, 5.74) is 1.78. The van der Waals surface area contributed by atoms with Gasteiger partial charge in [-0.3, -0.25) is 4.99 Å². The third-order valence-electron chi connectivity index (χ3n) is 2.95. The summed E-state index contributed by atoms with van der Waals surface area (Å²) in [5.74, 6) is 0.356. The van der Waals surface area contributed by atoms with Gasteiger partial charge in [0.25, 0.3) is 0 Å². The van der Waals surface area contributed by atoms with E-state index in [1.54, 1.807) is 13.3 Å². The molecule has 0 saturated carbocycles. The van der Waals surface area contributed by atoms with Crippen molar-refractivity contribution in [3.8, 4) is 5.75 Å². The van der Waals surface area contributed by atoms with Gasteiger partial charge in [0.2, 0.25) is 0 Å². The fourth-order valence-corrected chi connectivity index (χ4v) is 1.54. The van der Waals surface area contributed by atoms with Crippen molar-refractivity contribution in [2.45, 2.75) is 32.6 Å². The second kappa shape index (κ2) is 9.12. The minimum absolute atomic E-state index is 0.00166. The van der Waals surface area contributed by atoms with Gasteiger partial charge in [0, 0.05) is 24.4 Å². The number of hydrogen-bond donors (Lipinski definition) is 1. The van der Waals surface area contributed by atoms with E-state index in [1.165, 1.54) is 0 Å². The molecule has 0 aliphatic heterocycles. The SMILES string of the molecule is CCC(C)(C)c1cccc(C=NC)c1O.[Cl][Zr][Cl]. The van der Waals surface area contributed by atoms with Gasteiger partial charge < -0.3 is 5.11 Å². The normalized spacial score (nSPS) is 11.0. The van der Waals surface area contributed by atoms with Gasteiger partial charge >= 0.3 is 37.9 Å². The van der Waals surface area contributed by atoms with Crippen molar-refractivity contribution in [1.29, 1.82) is 0 Å². The minimum atomic E-state index is -0.826. The molecule has 1 rings (SSSR count). The van der Waals surface area contributed by atoms with E-state index in [4.69, 9.17) is 17.0 Å². The van der Waals surface area contributed by atoms with Crippen LogP contribution in [0.1, 0.15) is 38.3 Å². The third-order valence-corrected chi connectivity index (χ3v) is 2.95. The molecule has 18 heavy (non-hydrogen) atoms. The van der Waals surface area contributed by atoms with Gasteiger partial charge in [-0.1, -0.05) is 32.9 Å². The summed E-state index contributed by atoms with van der Waals surface area (Å²) in [5, 5.41) is 10.1. The van der Waals surface area contributed by atoms with E-state index in [0.717, 1.165) is 17.5 Å². The van der Waals surface area contributed by atoms with Gasteiger partial charge in [-0.25, -0.2) is 0 Å². The number of para-hydroxylation sites is 1. The van der Waals surface area contributed by atoms with Crippen molar-refractivity contribution in [2.75, 3.05) is 7.05 Å². The molecule has 0 spiro atoms. The van der Waals surface area contributed by atoms with Crippen LogP contribution in [0.15, 0.2) is 23.2 Å². The van der Waals surface area contributed by atoms with Crippen LogP contribution in [0.2, 0.25) is 0 Å². The van der Waals surface area contributed by atoms with Crippen LogP contribution in [0.3, 0.4) is 0 Å². The summed E-state index contributed by atoms with van der Waals surface area (Å²) >= 11 is -0.826. The van der Waals surface area contributed by atoms with Crippen LogP contribution < -0.4 is 0 Å². The molecule has 0 fully saturated rings. The summed E-state index contributed by atoms with van der Waals surface area (Å²) in [4.78, 5) is 3.93. The number of aromatic hydroxyl groups is 1. The molecule has 0 heterocycles. The van der Waals surface area contributed by atoms with Crippen molar-refractivity contribution in [1.82, 2.24) is 0 Å². The van der Waals surface area contributed by atoms with Crippen molar-refractivity contribution >= 4 is 23.2 Å². The van der Waals surface area contributed by atoms with Gasteiger partial charge in [0.15, 0.2) is 0 Å². The maximum absolute atomic E-state index is 10.1. The molecule has 0 bridgehead atoms. The van der Waals surface area contributed by atoms with Crippen molar-refractivity contribution in [3.63, 3.8) is 0 Å². The second-order valence-corrected chi connectivity index (χ2v) is 8.17. The summed E-state index contributed by atoms with van der Waals surface area (Å²) in [6.45, 7) is 6.39. The van der Waals surface area contributed by atoms with E-state index in [1.807, 2.05) is 18.2 Å². The molecule has 1 N–H and O–H groups in total. The molecule has 0 aromatic heterocycles. The summed E-state index contributed by atoms with van der Waals surface area (Å²) in [6.07, 6.45) is 2.68. The Labute approximate surface area is 128 Å². The Morgan fingerprint density at radius 3 is 2.39 bits per heavy atom. The number of aliphatic imine (C=N–C) groups is 1. The summed E-state index contributed by atoms with van der Waals surface area (Å²) < 4.78 is 0. The number of rotatable bonds is 3. The zero-order valence-corrected chi connectivity index (χ0v) is 15.1. The Bertz CT molecular complexity index is 395. The number of hydrogen-bond acceptors (Lipinski definition) is 2. The van der Waals surface area contributed by atoms with Crippen LogP contribution in [0, 0.1) is 0 Å². The molecule has 2 nitrogen and oxygen atoms in total. The Morgan fingerprint density at radius 1 is 1.39 bits per heavy atom. The van der Waals surface area contributed by atoms with Crippen LogP contribution in [-0.2, 0) is 26.3 Å². The third kappa shape index (κ3) is 5.42. The molecule has 0 unspecified atom stereocenters. The first-order valence-corrected chi connectivity index (χ1v) is 12.0. The summed E-state index contributed by atoms with van der Waals surface area (Å²) in [7, 11) is 11.6. The molecule has 100 valence electrons. The Kier molecular flexibility index (Phi) is 9.20. The Hall–Kier alpha value is 0.153. The second-order valence-electron chi connectivity index (χ2n) is 4.44. The number of benzene rings is 1. The van der Waals surface area contributed by atoms with Crippen LogP contribution in [-0.4, -0.2) is 18.4 Å². The predicted molar refractivity (Wildman–Crippen MR) is 76.6 cm³/mol. The monoisotopic (exact) mass is 365 g/mol. The van der Waals surface area contributed by atoms with E-state index >= 15 is 0 Å². The standard InChI is InChI=1S/C13H19NO.2ClH.Zr/c1-5-13(2,3)11-8-6-7-10(9-14-4)12(11)15;;;/h6-9,15H,5H2,1-4H3;2*1H;/q;;;+2/p-2. The van der Waals surface area contributed by atoms with E-state index < -0.39 is 20.8 Å². The van der Waals surface area contributed by atoms with Crippen molar-refractivity contribution < 1.29 is 26.0 Å². The predicted octanol–water partition coefficient (Wildman–Crippen LogP) is 4.51. The number of halogens is 2. The van der Waals surface area contributed by atoms with Gasteiger partial charge in [-0.05, 0) is 17.9 Å². The fourth-order valence-electron chi connectivity index (χ4n) is 1.54. The van der Waals surface area contributed by atoms with Gasteiger partial charge in [-0.15, -0.1) is 0 Å². The van der Waals surface area contributed by atoms with Crippen molar-refractivity contribution in [2.24, 2.45) is 4.99 Å². The number of nitrogens with zero attached hydrogens (tertiary/aromatic N) is 1. The molecule has 0 amide bonds. The quantitative estimate of drug-likeness (QED) is 0.784. The van der Waals surface area contributed by atoms with Crippen LogP contribution in [0.4, 0.5) is 0 Å². The topological polar surface area (TPSA) is 32.6 Å². The molecule has 0 aliphatic rings. The fraction of sp³-hybridized carbons (Fsp3) is 0.462. The van der Waals surface area contributed by atoms with Gasteiger partial charge in [0.05, 0.1) is 0 Å². The van der Waals surface area contributed by atoms with Crippen LogP contribution in [0.25, 0.3) is 0 Å². The van der Waals surface area contributed by atoms with E-state index in [0.29, 0.717) is 5.75 Å². The number of phenolic OH excluding ortho intramolecular Hbond substituents is 1. The first kappa shape index (κ1) is 18.2. The average Bonchev–Trinajstić information content (AvgIpc) is 2.33. The van der Waals surface area contributed by atoms with Crippen LogP contribution in [0.5, 0.6) is 5.75 Å². The first-order valence-electron chi connectivity index (χ1n) is 5.65. The average molecular weight is 367 g/mol. The molecular formula is C13H19Cl2NOZr.